The number of guanidine groups is 1. The van der Waals surface area contributed by atoms with Crippen LogP contribution in [0.2, 0.25) is 0 Å². The lowest BCUT2D eigenvalue weighted by Gasteiger charge is -2.13. The summed E-state index contributed by atoms with van der Waals surface area (Å²) in [6.45, 7) is 2.12. The van der Waals surface area contributed by atoms with Gasteiger partial charge >= 0.3 is 0 Å². The Morgan fingerprint density at radius 3 is 2.63 bits per heavy atom. The van der Waals surface area contributed by atoms with Gasteiger partial charge in [-0.25, -0.2) is 4.99 Å². The van der Waals surface area contributed by atoms with E-state index in [1.165, 1.54) is 0 Å². The van der Waals surface area contributed by atoms with Crippen LogP contribution in [0.4, 0.5) is 0 Å². The Kier molecular flexibility index (Phi) is 11.8. The number of nitrogens with zero attached hydrogens (tertiary/aromatic N) is 1. The van der Waals surface area contributed by atoms with Crippen molar-refractivity contribution in [3.8, 4) is 11.5 Å². The Hall–Kier alpha value is -1.55. The van der Waals surface area contributed by atoms with E-state index in [1.807, 2.05) is 30.3 Å². The van der Waals surface area contributed by atoms with Crippen molar-refractivity contribution in [2.24, 2.45) is 4.99 Å². The number of rotatable bonds is 10. The largest absolute Gasteiger partial charge is 0.497 e. The molecule has 0 saturated carbocycles. The number of halogens is 1. The van der Waals surface area contributed by atoms with Crippen molar-refractivity contribution in [1.82, 2.24) is 10.6 Å². The summed E-state index contributed by atoms with van der Waals surface area (Å²) in [7, 11) is 3.30. The molecule has 0 unspecified atom stereocenters. The zero-order valence-corrected chi connectivity index (χ0v) is 19.1. The van der Waals surface area contributed by atoms with Crippen LogP contribution in [-0.4, -0.2) is 45.3 Å². The van der Waals surface area contributed by atoms with Crippen molar-refractivity contribution in [3.05, 3.63) is 47.9 Å². The second-order valence-electron chi connectivity index (χ2n) is 5.52. The minimum Gasteiger partial charge on any atom is -0.497 e. The van der Waals surface area contributed by atoms with Crippen LogP contribution in [0.5, 0.6) is 11.5 Å². The number of benzene rings is 1. The van der Waals surface area contributed by atoms with Crippen molar-refractivity contribution < 1.29 is 13.9 Å². The standard InChI is InChI=1S/C19H27N3O3S.HI/c1-23-17-7-6-15(18(13-17)24-2)14-22-19(21-10-12-26-3)20-9-8-16-5-4-11-25-16;/h4-7,11,13H,8-10,12,14H2,1-3H3,(H2,20,21,22);1H. The fraction of sp³-hybridized carbons (Fsp3) is 0.421. The molecule has 0 spiro atoms. The quantitative estimate of drug-likeness (QED) is 0.223. The molecule has 2 N–H and O–H groups in total. The summed E-state index contributed by atoms with van der Waals surface area (Å²) in [5.74, 6) is 4.29. The maximum Gasteiger partial charge on any atom is 0.191 e. The number of methoxy groups -OCH3 is 2. The second kappa shape index (κ2) is 13.6. The molecule has 0 fully saturated rings. The van der Waals surface area contributed by atoms with Gasteiger partial charge in [0, 0.05) is 36.9 Å². The maximum absolute atomic E-state index is 5.44. The summed E-state index contributed by atoms with van der Waals surface area (Å²) in [4.78, 5) is 4.68. The first-order valence-corrected chi connectivity index (χ1v) is 9.90. The molecule has 0 bridgehead atoms. The lowest BCUT2D eigenvalue weighted by molar-refractivity contribution is 0.391. The van der Waals surface area contributed by atoms with Gasteiger partial charge in [-0.05, 0) is 30.5 Å². The van der Waals surface area contributed by atoms with Crippen molar-refractivity contribution in [2.75, 3.05) is 39.3 Å². The van der Waals surface area contributed by atoms with E-state index in [0.717, 1.165) is 54.0 Å². The average molecular weight is 505 g/mol. The van der Waals surface area contributed by atoms with Crippen LogP contribution in [-0.2, 0) is 13.0 Å². The molecule has 1 aromatic heterocycles. The molecule has 27 heavy (non-hydrogen) atoms. The van der Waals surface area contributed by atoms with Crippen molar-refractivity contribution >= 4 is 41.7 Å². The van der Waals surface area contributed by atoms with Crippen LogP contribution < -0.4 is 20.1 Å². The molecule has 0 saturated heterocycles. The van der Waals surface area contributed by atoms with Gasteiger partial charge in [0.05, 0.1) is 27.0 Å². The molecule has 8 heteroatoms. The van der Waals surface area contributed by atoms with Gasteiger partial charge in [0.1, 0.15) is 17.3 Å². The van der Waals surface area contributed by atoms with E-state index >= 15 is 0 Å². The first-order valence-electron chi connectivity index (χ1n) is 8.51. The van der Waals surface area contributed by atoms with Gasteiger partial charge in [0.25, 0.3) is 0 Å². The fourth-order valence-corrected chi connectivity index (χ4v) is 2.66. The minimum atomic E-state index is 0. The first kappa shape index (κ1) is 23.5. The van der Waals surface area contributed by atoms with Gasteiger partial charge in [-0.3, -0.25) is 0 Å². The highest BCUT2D eigenvalue weighted by atomic mass is 127. The second-order valence-corrected chi connectivity index (χ2v) is 6.50. The normalized spacial score (nSPS) is 10.9. The van der Waals surface area contributed by atoms with Crippen LogP contribution in [0.1, 0.15) is 11.3 Å². The van der Waals surface area contributed by atoms with Crippen molar-refractivity contribution in [1.29, 1.82) is 0 Å². The van der Waals surface area contributed by atoms with Gasteiger partial charge in [-0.2, -0.15) is 11.8 Å². The van der Waals surface area contributed by atoms with E-state index in [0.29, 0.717) is 6.54 Å². The summed E-state index contributed by atoms with van der Waals surface area (Å²) >= 11 is 1.80. The third-order valence-electron chi connectivity index (χ3n) is 3.74. The number of furan rings is 1. The Bertz CT molecular complexity index is 681. The lowest BCUT2D eigenvalue weighted by atomic mass is 10.2. The van der Waals surface area contributed by atoms with Crippen molar-refractivity contribution in [3.63, 3.8) is 0 Å². The summed E-state index contributed by atoms with van der Waals surface area (Å²) in [6, 6.07) is 9.64. The monoisotopic (exact) mass is 505 g/mol. The fourth-order valence-electron chi connectivity index (χ4n) is 2.35. The molecule has 1 heterocycles. The first-order chi connectivity index (χ1) is 12.8. The molecule has 2 aromatic rings. The third kappa shape index (κ3) is 8.34. The molecule has 1 aromatic carbocycles. The number of ether oxygens (including phenoxy) is 2. The van der Waals surface area contributed by atoms with E-state index in [9.17, 15) is 0 Å². The number of nitrogens with one attached hydrogen (secondary N) is 2. The minimum absolute atomic E-state index is 0. The maximum atomic E-state index is 5.44. The molecule has 0 aliphatic heterocycles. The highest BCUT2D eigenvalue weighted by Gasteiger charge is 2.06. The van der Waals surface area contributed by atoms with Gasteiger partial charge < -0.3 is 24.5 Å². The van der Waals surface area contributed by atoms with Gasteiger partial charge in [0.2, 0.25) is 0 Å². The number of hydrogen-bond donors (Lipinski definition) is 2. The highest BCUT2D eigenvalue weighted by Crippen LogP contribution is 2.25. The molecular formula is C19H28IN3O3S. The topological polar surface area (TPSA) is 68.0 Å². The van der Waals surface area contributed by atoms with E-state index in [-0.39, 0.29) is 24.0 Å². The van der Waals surface area contributed by atoms with E-state index in [1.54, 1.807) is 32.2 Å². The Morgan fingerprint density at radius 1 is 1.15 bits per heavy atom. The SMILES string of the molecule is COc1ccc(CN=C(NCCSC)NCCc2ccco2)c(OC)c1.I. The van der Waals surface area contributed by atoms with E-state index in [4.69, 9.17) is 13.9 Å². The Balaban J connectivity index is 0.00000364. The summed E-state index contributed by atoms with van der Waals surface area (Å²) < 4.78 is 16.0. The number of hydrogen-bond acceptors (Lipinski definition) is 5. The summed E-state index contributed by atoms with van der Waals surface area (Å²) in [5, 5.41) is 6.70. The molecule has 0 amide bonds. The van der Waals surface area contributed by atoms with Gasteiger partial charge in [-0.15, -0.1) is 24.0 Å². The lowest BCUT2D eigenvalue weighted by Crippen LogP contribution is -2.39. The molecular weight excluding hydrogens is 477 g/mol. The average Bonchev–Trinajstić information content (AvgIpc) is 3.19. The number of thioether (sulfide) groups is 1. The van der Waals surface area contributed by atoms with Crippen LogP contribution in [0, 0.1) is 0 Å². The van der Waals surface area contributed by atoms with E-state index < -0.39 is 0 Å². The molecule has 6 nitrogen and oxygen atoms in total. The van der Waals surface area contributed by atoms with Crippen molar-refractivity contribution in [2.45, 2.75) is 13.0 Å². The molecule has 0 aliphatic rings. The summed E-state index contributed by atoms with van der Waals surface area (Å²) in [5.41, 5.74) is 1.00. The van der Waals surface area contributed by atoms with Crippen LogP contribution in [0.25, 0.3) is 0 Å². The van der Waals surface area contributed by atoms with Crippen LogP contribution in [0.3, 0.4) is 0 Å². The smallest absolute Gasteiger partial charge is 0.191 e. The van der Waals surface area contributed by atoms with Crippen LogP contribution in [0.15, 0.2) is 46.0 Å². The third-order valence-corrected chi connectivity index (χ3v) is 4.36. The van der Waals surface area contributed by atoms with Crippen LogP contribution >= 0.6 is 35.7 Å². The zero-order valence-electron chi connectivity index (χ0n) is 16.0. The predicted molar refractivity (Wildman–Crippen MR) is 123 cm³/mol. The Labute approximate surface area is 182 Å². The molecule has 0 radical (unpaired) electrons. The molecule has 2 rings (SSSR count). The Morgan fingerprint density at radius 2 is 1.96 bits per heavy atom. The molecule has 0 atom stereocenters. The van der Waals surface area contributed by atoms with E-state index in [2.05, 4.69) is 21.9 Å². The van der Waals surface area contributed by atoms with Gasteiger partial charge in [-0.1, -0.05) is 0 Å². The highest BCUT2D eigenvalue weighted by molar-refractivity contribution is 14.0. The molecule has 0 aliphatic carbocycles. The summed E-state index contributed by atoms with van der Waals surface area (Å²) in [6.07, 6.45) is 4.59. The number of aliphatic imine (C=N–C) groups is 1. The predicted octanol–water partition coefficient (Wildman–Crippen LogP) is 3.56. The zero-order chi connectivity index (χ0) is 18.6. The van der Waals surface area contributed by atoms with Gasteiger partial charge in [0.15, 0.2) is 5.96 Å². The molecule has 150 valence electrons.